The van der Waals surface area contributed by atoms with Crippen LogP contribution in [-0.2, 0) is 0 Å². The number of rotatable bonds is 3. The van der Waals surface area contributed by atoms with E-state index in [1.165, 1.54) is 17.8 Å². The van der Waals surface area contributed by atoms with Gasteiger partial charge < -0.3 is 10.6 Å². The first-order chi connectivity index (χ1) is 8.97. The van der Waals surface area contributed by atoms with Crippen molar-refractivity contribution in [2.75, 3.05) is 43.4 Å². The Morgan fingerprint density at radius 1 is 1.21 bits per heavy atom. The Balaban J connectivity index is 2.03. The van der Waals surface area contributed by atoms with Crippen LogP contribution in [0.1, 0.15) is 19.4 Å². The molecule has 0 bridgehead atoms. The summed E-state index contributed by atoms with van der Waals surface area (Å²) >= 11 is 6.14. The Kier molecular flexibility index (Phi) is 4.58. The van der Waals surface area contributed by atoms with Crippen molar-refractivity contribution < 1.29 is 0 Å². The lowest BCUT2D eigenvalue weighted by Crippen LogP contribution is -2.47. The molecule has 19 heavy (non-hydrogen) atoms. The predicted molar refractivity (Wildman–Crippen MR) is 84.1 cm³/mol. The van der Waals surface area contributed by atoms with Gasteiger partial charge in [0.1, 0.15) is 0 Å². The fraction of sp³-hybridized carbons (Fsp3) is 0.600. The minimum Gasteiger partial charge on any atom is -0.398 e. The van der Waals surface area contributed by atoms with Crippen molar-refractivity contribution in [3.05, 3.63) is 22.7 Å². The van der Waals surface area contributed by atoms with Crippen molar-refractivity contribution in [2.45, 2.75) is 20.8 Å². The van der Waals surface area contributed by atoms with Crippen LogP contribution in [-0.4, -0.2) is 37.6 Å². The molecule has 1 fully saturated rings. The molecule has 1 aromatic carbocycles. The van der Waals surface area contributed by atoms with E-state index in [9.17, 15) is 0 Å². The number of hydrogen-bond donors (Lipinski definition) is 1. The Bertz CT molecular complexity index is 437. The third kappa shape index (κ3) is 3.54. The summed E-state index contributed by atoms with van der Waals surface area (Å²) in [4.78, 5) is 4.95. The highest BCUT2D eigenvalue weighted by molar-refractivity contribution is 6.33. The molecule has 1 aliphatic heterocycles. The molecule has 4 heteroatoms. The molecular weight excluding hydrogens is 258 g/mol. The largest absolute Gasteiger partial charge is 0.398 e. The Hall–Kier alpha value is -0.930. The van der Waals surface area contributed by atoms with Gasteiger partial charge in [-0.2, -0.15) is 0 Å². The molecule has 0 saturated carbocycles. The van der Waals surface area contributed by atoms with Crippen LogP contribution in [0.15, 0.2) is 12.1 Å². The molecule has 1 aliphatic rings. The van der Waals surface area contributed by atoms with Crippen LogP contribution in [0.3, 0.4) is 0 Å². The van der Waals surface area contributed by atoms with E-state index in [4.69, 9.17) is 17.3 Å². The normalized spacial score (nSPS) is 17.2. The second-order valence-corrected chi connectivity index (χ2v) is 6.25. The summed E-state index contributed by atoms with van der Waals surface area (Å²) in [6.45, 7) is 12.2. The molecule has 1 saturated heterocycles. The number of halogens is 1. The molecule has 106 valence electrons. The van der Waals surface area contributed by atoms with E-state index in [0.717, 1.165) is 32.1 Å². The summed E-state index contributed by atoms with van der Waals surface area (Å²) in [6.07, 6.45) is 0. The van der Waals surface area contributed by atoms with Crippen LogP contribution >= 0.6 is 11.6 Å². The van der Waals surface area contributed by atoms with Crippen molar-refractivity contribution in [3.63, 3.8) is 0 Å². The van der Waals surface area contributed by atoms with Crippen molar-refractivity contribution in [3.8, 4) is 0 Å². The summed E-state index contributed by atoms with van der Waals surface area (Å²) in [5, 5.41) is 0.658. The molecule has 0 radical (unpaired) electrons. The fourth-order valence-electron chi connectivity index (χ4n) is 2.72. The molecule has 1 aromatic rings. The first kappa shape index (κ1) is 14.5. The van der Waals surface area contributed by atoms with Gasteiger partial charge in [0.05, 0.1) is 10.7 Å². The number of nitrogen functional groups attached to an aromatic ring is 1. The van der Waals surface area contributed by atoms with E-state index >= 15 is 0 Å². The van der Waals surface area contributed by atoms with Crippen molar-refractivity contribution in [2.24, 2.45) is 5.92 Å². The molecule has 0 amide bonds. The van der Waals surface area contributed by atoms with Crippen LogP contribution in [0, 0.1) is 12.8 Å². The van der Waals surface area contributed by atoms with E-state index in [-0.39, 0.29) is 0 Å². The number of nitrogens with zero attached hydrogens (tertiary/aromatic N) is 2. The highest BCUT2D eigenvalue weighted by atomic mass is 35.5. The second-order valence-electron chi connectivity index (χ2n) is 5.84. The number of benzene rings is 1. The van der Waals surface area contributed by atoms with E-state index < -0.39 is 0 Å². The highest BCUT2D eigenvalue weighted by Crippen LogP contribution is 2.30. The van der Waals surface area contributed by atoms with Gasteiger partial charge in [0.25, 0.3) is 0 Å². The van der Waals surface area contributed by atoms with Gasteiger partial charge in [-0.3, -0.25) is 4.90 Å². The van der Waals surface area contributed by atoms with Crippen molar-refractivity contribution in [1.82, 2.24) is 4.90 Å². The van der Waals surface area contributed by atoms with Crippen LogP contribution < -0.4 is 10.6 Å². The average molecular weight is 282 g/mol. The lowest BCUT2D eigenvalue weighted by atomic mass is 10.1. The molecule has 0 atom stereocenters. The fourth-order valence-corrected chi connectivity index (χ4v) is 2.88. The van der Waals surface area contributed by atoms with Gasteiger partial charge in [0.15, 0.2) is 0 Å². The Labute approximate surface area is 121 Å². The van der Waals surface area contributed by atoms with Crippen LogP contribution in [0.5, 0.6) is 0 Å². The zero-order valence-electron chi connectivity index (χ0n) is 12.1. The first-order valence-corrected chi connectivity index (χ1v) is 7.38. The van der Waals surface area contributed by atoms with E-state index in [1.54, 1.807) is 0 Å². The van der Waals surface area contributed by atoms with Gasteiger partial charge in [-0.25, -0.2) is 0 Å². The van der Waals surface area contributed by atoms with E-state index in [2.05, 4.69) is 30.6 Å². The summed E-state index contributed by atoms with van der Waals surface area (Å²) < 4.78 is 0. The Morgan fingerprint density at radius 3 is 2.42 bits per heavy atom. The molecule has 2 rings (SSSR count). The van der Waals surface area contributed by atoms with Gasteiger partial charge in [-0.05, 0) is 30.5 Å². The second kappa shape index (κ2) is 6.02. The zero-order valence-corrected chi connectivity index (χ0v) is 12.9. The van der Waals surface area contributed by atoms with Crippen LogP contribution in [0.4, 0.5) is 11.4 Å². The van der Waals surface area contributed by atoms with Crippen molar-refractivity contribution >= 4 is 23.0 Å². The maximum Gasteiger partial charge on any atom is 0.0656 e. The van der Waals surface area contributed by atoms with E-state index in [0.29, 0.717) is 10.7 Å². The molecule has 0 spiro atoms. The lowest BCUT2D eigenvalue weighted by molar-refractivity contribution is 0.231. The van der Waals surface area contributed by atoms with Gasteiger partial charge in [-0.1, -0.05) is 25.4 Å². The van der Waals surface area contributed by atoms with Gasteiger partial charge in [0, 0.05) is 38.4 Å². The standard InChI is InChI=1S/C15H24ClN3/c1-11(2)10-18-4-6-19(7-5-18)15-9-13(16)14(17)8-12(15)3/h8-9,11H,4-7,10,17H2,1-3H3. The van der Waals surface area contributed by atoms with Crippen molar-refractivity contribution in [1.29, 1.82) is 0 Å². The number of piperazine rings is 1. The lowest BCUT2D eigenvalue weighted by Gasteiger charge is -2.37. The minimum absolute atomic E-state index is 0.658. The molecule has 3 nitrogen and oxygen atoms in total. The first-order valence-electron chi connectivity index (χ1n) is 7.00. The number of hydrogen-bond acceptors (Lipinski definition) is 3. The molecule has 0 unspecified atom stereocenters. The SMILES string of the molecule is Cc1cc(N)c(Cl)cc1N1CCN(CC(C)C)CC1. The summed E-state index contributed by atoms with van der Waals surface area (Å²) in [5.41, 5.74) is 8.94. The van der Waals surface area contributed by atoms with Gasteiger partial charge >= 0.3 is 0 Å². The van der Waals surface area contributed by atoms with Gasteiger partial charge in [-0.15, -0.1) is 0 Å². The maximum atomic E-state index is 6.14. The molecule has 0 aromatic heterocycles. The molecular formula is C15H24ClN3. The van der Waals surface area contributed by atoms with Crippen LogP contribution in [0.25, 0.3) is 0 Å². The highest BCUT2D eigenvalue weighted by Gasteiger charge is 2.19. The Morgan fingerprint density at radius 2 is 1.84 bits per heavy atom. The third-order valence-corrected chi connectivity index (χ3v) is 3.98. The summed E-state index contributed by atoms with van der Waals surface area (Å²) in [5.74, 6) is 0.735. The minimum atomic E-state index is 0.658. The molecule has 1 heterocycles. The molecule has 0 aliphatic carbocycles. The predicted octanol–water partition coefficient (Wildman–Crippen LogP) is 3.01. The maximum absolute atomic E-state index is 6.14. The topological polar surface area (TPSA) is 32.5 Å². The number of nitrogens with two attached hydrogens (primary N) is 1. The number of anilines is 2. The number of aryl methyl sites for hydroxylation is 1. The molecule has 2 N–H and O–H groups in total. The van der Waals surface area contributed by atoms with Gasteiger partial charge in [0.2, 0.25) is 0 Å². The van der Waals surface area contributed by atoms with E-state index in [1.807, 2.05) is 12.1 Å². The van der Waals surface area contributed by atoms with Crippen LogP contribution in [0.2, 0.25) is 5.02 Å². The summed E-state index contributed by atoms with van der Waals surface area (Å²) in [6, 6.07) is 3.97. The monoisotopic (exact) mass is 281 g/mol. The summed E-state index contributed by atoms with van der Waals surface area (Å²) in [7, 11) is 0. The quantitative estimate of drug-likeness (QED) is 0.865. The zero-order chi connectivity index (χ0) is 14.0. The third-order valence-electron chi connectivity index (χ3n) is 3.65. The smallest absolute Gasteiger partial charge is 0.0656 e. The average Bonchev–Trinajstić information content (AvgIpc) is 2.34.